The van der Waals surface area contributed by atoms with Crippen molar-refractivity contribution >= 4 is 23.4 Å². The van der Waals surface area contributed by atoms with Crippen molar-refractivity contribution in [2.24, 2.45) is 0 Å². The smallest absolute Gasteiger partial charge is 0.248 e. The zero-order valence-electron chi connectivity index (χ0n) is 19.4. The summed E-state index contributed by atoms with van der Waals surface area (Å²) in [7, 11) is 3.25. The maximum absolute atomic E-state index is 13.2. The molecule has 2 amide bonds. The van der Waals surface area contributed by atoms with Crippen LogP contribution in [0.1, 0.15) is 17.5 Å². The summed E-state index contributed by atoms with van der Waals surface area (Å²) in [6, 6.07) is 15.2. The molecular weight excluding hydrogens is 444 g/mol. The van der Waals surface area contributed by atoms with Gasteiger partial charge in [0.2, 0.25) is 11.8 Å². The Morgan fingerprint density at radius 2 is 1.97 bits per heavy atom. The first kappa shape index (κ1) is 25.0. The van der Waals surface area contributed by atoms with Crippen LogP contribution in [0.4, 0.5) is 0 Å². The molecule has 1 heterocycles. The third-order valence-electron chi connectivity index (χ3n) is 5.66. The van der Waals surface area contributed by atoms with Crippen LogP contribution in [0.3, 0.4) is 0 Å². The summed E-state index contributed by atoms with van der Waals surface area (Å²) < 4.78 is 17.2. The lowest BCUT2D eigenvalue weighted by Crippen LogP contribution is -2.58. The van der Waals surface area contributed by atoms with Gasteiger partial charge >= 0.3 is 0 Å². The summed E-state index contributed by atoms with van der Waals surface area (Å²) in [5.74, 6) is 0.402. The highest BCUT2D eigenvalue weighted by atomic mass is 35.5. The van der Waals surface area contributed by atoms with Gasteiger partial charge in [0.05, 0.1) is 19.6 Å². The predicted molar refractivity (Wildman–Crippen MR) is 126 cm³/mol. The Kier molecular flexibility index (Phi) is 8.72. The van der Waals surface area contributed by atoms with Gasteiger partial charge in [-0.2, -0.15) is 0 Å². The second-order valence-electron chi connectivity index (χ2n) is 8.39. The Labute approximate surface area is 200 Å². The van der Waals surface area contributed by atoms with Crippen LogP contribution >= 0.6 is 11.6 Å². The van der Waals surface area contributed by atoms with Gasteiger partial charge in [0.15, 0.2) is 0 Å². The van der Waals surface area contributed by atoms with Gasteiger partial charge in [-0.25, -0.2) is 0 Å². The summed E-state index contributed by atoms with van der Waals surface area (Å²) >= 11 is 6.12. The van der Waals surface area contributed by atoms with E-state index in [0.717, 1.165) is 11.1 Å². The normalized spacial score (nSPS) is 18.1. The average Bonchev–Trinajstić information content (AvgIpc) is 2.81. The number of carbonyl (C=O) groups is 2. The van der Waals surface area contributed by atoms with Crippen molar-refractivity contribution in [3.8, 4) is 5.75 Å². The number of hydrogen-bond donors (Lipinski definition) is 0. The molecule has 0 aliphatic carbocycles. The van der Waals surface area contributed by atoms with E-state index in [-0.39, 0.29) is 38.0 Å². The lowest BCUT2D eigenvalue weighted by atomic mass is 9.96. The van der Waals surface area contributed by atoms with Gasteiger partial charge in [0.1, 0.15) is 24.6 Å². The van der Waals surface area contributed by atoms with Crippen molar-refractivity contribution in [2.75, 3.05) is 47.1 Å². The maximum atomic E-state index is 13.2. The fourth-order valence-electron chi connectivity index (χ4n) is 3.80. The molecule has 1 aliphatic heterocycles. The molecule has 1 fully saturated rings. The first-order valence-electron chi connectivity index (χ1n) is 10.9. The first-order valence-corrected chi connectivity index (χ1v) is 11.3. The summed E-state index contributed by atoms with van der Waals surface area (Å²) in [6.45, 7) is 3.48. The molecule has 178 valence electrons. The minimum absolute atomic E-state index is 0.0187. The maximum Gasteiger partial charge on any atom is 0.248 e. The van der Waals surface area contributed by atoms with Crippen LogP contribution in [0.2, 0.25) is 5.02 Å². The van der Waals surface area contributed by atoms with Crippen molar-refractivity contribution in [2.45, 2.75) is 25.5 Å². The Bertz CT molecular complexity index is 955. The molecule has 1 saturated heterocycles. The van der Waals surface area contributed by atoms with E-state index in [2.05, 4.69) is 0 Å². The largest absolute Gasteiger partial charge is 0.490 e. The zero-order chi connectivity index (χ0) is 23.8. The number of carbonyl (C=O) groups excluding carboxylic acids is 2. The van der Waals surface area contributed by atoms with Gasteiger partial charge in [-0.15, -0.1) is 0 Å². The molecule has 0 N–H and O–H groups in total. The van der Waals surface area contributed by atoms with E-state index in [1.807, 2.05) is 43.3 Å². The summed E-state index contributed by atoms with van der Waals surface area (Å²) in [6.07, 6.45) is 0.0830. The molecule has 3 rings (SSSR count). The van der Waals surface area contributed by atoms with Gasteiger partial charge in [0, 0.05) is 32.3 Å². The monoisotopic (exact) mass is 474 g/mol. The van der Waals surface area contributed by atoms with E-state index < -0.39 is 5.60 Å². The standard InChI is InChI=1S/C25H31ClN2O5/c1-19-13-21(9-10-22(19)26)32-18-25(17-28(11-12-33-25)24(30)16-31-3)14-23(29)27(2)15-20-7-5-4-6-8-20/h4-10,13H,11-12,14-18H2,1-3H3/t25-/m0/s1. The Hall–Kier alpha value is -2.61. The number of benzene rings is 2. The van der Waals surface area contributed by atoms with Crippen LogP contribution in [0.15, 0.2) is 48.5 Å². The van der Waals surface area contributed by atoms with E-state index in [1.165, 1.54) is 7.11 Å². The number of hydrogen-bond acceptors (Lipinski definition) is 5. The molecule has 0 unspecified atom stereocenters. The zero-order valence-corrected chi connectivity index (χ0v) is 20.1. The van der Waals surface area contributed by atoms with Crippen LogP contribution < -0.4 is 4.74 Å². The van der Waals surface area contributed by atoms with Crippen LogP contribution in [-0.2, 0) is 25.6 Å². The average molecular weight is 475 g/mol. The van der Waals surface area contributed by atoms with Gasteiger partial charge in [0.25, 0.3) is 0 Å². The summed E-state index contributed by atoms with van der Waals surface area (Å²) in [5.41, 5.74) is 0.956. The molecule has 0 bridgehead atoms. The summed E-state index contributed by atoms with van der Waals surface area (Å²) in [4.78, 5) is 29.0. The number of aryl methyl sites for hydroxylation is 1. The van der Waals surface area contributed by atoms with Crippen molar-refractivity contribution < 1.29 is 23.8 Å². The number of morpholine rings is 1. The van der Waals surface area contributed by atoms with Gasteiger partial charge in [-0.05, 0) is 36.2 Å². The second-order valence-corrected chi connectivity index (χ2v) is 8.80. The van der Waals surface area contributed by atoms with Crippen molar-refractivity contribution in [1.82, 2.24) is 9.80 Å². The molecule has 7 nitrogen and oxygen atoms in total. The molecular formula is C25H31ClN2O5. The van der Waals surface area contributed by atoms with Gasteiger partial charge < -0.3 is 24.0 Å². The van der Waals surface area contributed by atoms with Crippen molar-refractivity contribution in [3.63, 3.8) is 0 Å². The highest BCUT2D eigenvalue weighted by molar-refractivity contribution is 6.31. The van der Waals surface area contributed by atoms with E-state index in [4.69, 9.17) is 25.8 Å². The fraction of sp³-hybridized carbons (Fsp3) is 0.440. The molecule has 1 aliphatic rings. The number of amides is 2. The number of ether oxygens (including phenoxy) is 3. The Balaban J connectivity index is 1.75. The van der Waals surface area contributed by atoms with Crippen LogP contribution in [0.25, 0.3) is 0 Å². The highest BCUT2D eigenvalue weighted by Crippen LogP contribution is 2.27. The quantitative estimate of drug-likeness (QED) is 0.557. The number of methoxy groups -OCH3 is 1. The summed E-state index contributed by atoms with van der Waals surface area (Å²) in [5, 5.41) is 0.653. The van der Waals surface area contributed by atoms with Crippen LogP contribution in [0, 0.1) is 6.92 Å². The molecule has 0 radical (unpaired) electrons. The lowest BCUT2D eigenvalue weighted by molar-refractivity contribution is -0.167. The molecule has 2 aromatic rings. The van der Waals surface area contributed by atoms with E-state index in [9.17, 15) is 9.59 Å². The Morgan fingerprint density at radius 1 is 1.21 bits per heavy atom. The topological polar surface area (TPSA) is 68.3 Å². The molecule has 8 heteroatoms. The predicted octanol–water partition coefficient (Wildman–Crippen LogP) is 3.32. The third kappa shape index (κ3) is 6.93. The fourth-order valence-corrected chi connectivity index (χ4v) is 3.91. The molecule has 0 spiro atoms. The molecule has 0 saturated carbocycles. The first-order chi connectivity index (χ1) is 15.8. The number of rotatable bonds is 9. The lowest BCUT2D eigenvalue weighted by Gasteiger charge is -2.42. The molecule has 1 atom stereocenters. The van der Waals surface area contributed by atoms with Crippen LogP contribution in [0.5, 0.6) is 5.75 Å². The van der Waals surface area contributed by atoms with Crippen molar-refractivity contribution in [1.29, 1.82) is 0 Å². The minimum Gasteiger partial charge on any atom is -0.490 e. The third-order valence-corrected chi connectivity index (χ3v) is 6.09. The highest BCUT2D eigenvalue weighted by Gasteiger charge is 2.42. The SMILES string of the molecule is COCC(=O)N1CCO[C@@](COc2ccc(Cl)c(C)c2)(CC(=O)N(C)Cc2ccccc2)C1. The van der Waals surface area contributed by atoms with E-state index in [1.54, 1.807) is 29.0 Å². The molecule has 0 aromatic heterocycles. The molecule has 2 aromatic carbocycles. The number of halogens is 1. The second kappa shape index (κ2) is 11.5. The molecule has 33 heavy (non-hydrogen) atoms. The van der Waals surface area contributed by atoms with Gasteiger partial charge in [-0.1, -0.05) is 41.9 Å². The van der Waals surface area contributed by atoms with Gasteiger partial charge in [-0.3, -0.25) is 9.59 Å². The van der Waals surface area contributed by atoms with E-state index >= 15 is 0 Å². The minimum atomic E-state index is -0.975. The Morgan fingerprint density at radius 3 is 2.67 bits per heavy atom. The van der Waals surface area contributed by atoms with Crippen molar-refractivity contribution in [3.05, 3.63) is 64.7 Å². The van der Waals surface area contributed by atoms with Crippen LogP contribution in [-0.4, -0.2) is 74.3 Å². The van der Waals surface area contributed by atoms with E-state index in [0.29, 0.717) is 30.5 Å². The number of nitrogens with zero attached hydrogens (tertiary/aromatic N) is 2.